The molecule has 0 radical (unpaired) electrons. The summed E-state index contributed by atoms with van der Waals surface area (Å²) in [5.74, 6) is 1.19. The molecule has 1 aromatic heterocycles. The zero-order chi connectivity index (χ0) is 12.3. The summed E-state index contributed by atoms with van der Waals surface area (Å²) < 4.78 is 1.78. The monoisotopic (exact) mass is 239 g/mol. The molecule has 0 amide bonds. The van der Waals surface area contributed by atoms with Crippen LogP contribution >= 0.6 is 12.6 Å². The molecule has 1 heterocycles. The number of aromatic nitrogens is 1. The Morgan fingerprint density at radius 1 is 1.44 bits per heavy atom. The van der Waals surface area contributed by atoms with Crippen LogP contribution in [0.5, 0.6) is 0 Å². The van der Waals surface area contributed by atoms with Crippen LogP contribution in [0.4, 0.5) is 0 Å². The van der Waals surface area contributed by atoms with Crippen molar-refractivity contribution in [1.29, 1.82) is 0 Å². The van der Waals surface area contributed by atoms with Crippen molar-refractivity contribution in [2.75, 3.05) is 5.75 Å². The summed E-state index contributed by atoms with van der Waals surface area (Å²) in [5.41, 5.74) is 1.27. The fourth-order valence-electron chi connectivity index (χ4n) is 1.60. The summed E-state index contributed by atoms with van der Waals surface area (Å²) in [6.45, 7) is 9.24. The van der Waals surface area contributed by atoms with Crippen LogP contribution in [-0.2, 0) is 6.54 Å². The van der Waals surface area contributed by atoms with Crippen LogP contribution in [0.25, 0.3) is 0 Å². The second kappa shape index (κ2) is 5.09. The van der Waals surface area contributed by atoms with Crippen LogP contribution in [0.15, 0.2) is 23.1 Å². The van der Waals surface area contributed by atoms with Crippen molar-refractivity contribution in [2.45, 2.75) is 34.2 Å². The van der Waals surface area contributed by atoms with Crippen LogP contribution in [-0.4, -0.2) is 10.3 Å². The molecule has 0 bridgehead atoms. The second-order valence-corrected chi connectivity index (χ2v) is 5.81. The summed E-state index contributed by atoms with van der Waals surface area (Å²) in [5, 5.41) is 0. The lowest BCUT2D eigenvalue weighted by molar-refractivity contribution is 0.236. The molecular formula is C13H21NOS. The van der Waals surface area contributed by atoms with E-state index in [1.54, 1.807) is 10.6 Å². The third kappa shape index (κ3) is 3.41. The molecular weight excluding hydrogens is 218 g/mol. The van der Waals surface area contributed by atoms with Crippen LogP contribution < -0.4 is 5.56 Å². The molecule has 1 rings (SSSR count). The molecule has 0 saturated carbocycles. The summed E-state index contributed by atoms with van der Waals surface area (Å²) in [6.07, 6.45) is 1.87. The van der Waals surface area contributed by atoms with E-state index >= 15 is 0 Å². The van der Waals surface area contributed by atoms with E-state index < -0.39 is 0 Å². The topological polar surface area (TPSA) is 22.0 Å². The molecule has 0 spiro atoms. The minimum absolute atomic E-state index is 0.0797. The predicted molar refractivity (Wildman–Crippen MR) is 72.2 cm³/mol. The molecule has 0 fully saturated rings. The normalized spacial score (nSPS) is 13.8. The Kier molecular flexibility index (Phi) is 4.25. The zero-order valence-corrected chi connectivity index (χ0v) is 11.4. The van der Waals surface area contributed by atoms with Gasteiger partial charge >= 0.3 is 0 Å². The van der Waals surface area contributed by atoms with Crippen LogP contribution in [0.3, 0.4) is 0 Å². The van der Waals surface area contributed by atoms with E-state index in [0.29, 0.717) is 5.92 Å². The minimum Gasteiger partial charge on any atom is -0.315 e. The number of nitrogens with zero attached hydrogens (tertiary/aromatic N) is 1. The molecule has 1 unspecified atom stereocenters. The smallest absolute Gasteiger partial charge is 0.250 e. The average Bonchev–Trinajstić information content (AvgIpc) is 2.14. The van der Waals surface area contributed by atoms with Gasteiger partial charge < -0.3 is 4.57 Å². The van der Waals surface area contributed by atoms with Crippen molar-refractivity contribution >= 4 is 12.6 Å². The zero-order valence-electron chi connectivity index (χ0n) is 10.5. The van der Waals surface area contributed by atoms with Gasteiger partial charge in [0.1, 0.15) is 0 Å². The number of pyridine rings is 1. The van der Waals surface area contributed by atoms with Crippen molar-refractivity contribution in [3.63, 3.8) is 0 Å². The van der Waals surface area contributed by atoms with Crippen LogP contribution in [0, 0.1) is 18.3 Å². The fourth-order valence-corrected chi connectivity index (χ4v) is 2.26. The first kappa shape index (κ1) is 13.4. The first-order valence-electron chi connectivity index (χ1n) is 5.62. The third-order valence-electron chi connectivity index (χ3n) is 3.01. The van der Waals surface area contributed by atoms with Gasteiger partial charge in [0.05, 0.1) is 0 Å². The van der Waals surface area contributed by atoms with E-state index in [4.69, 9.17) is 0 Å². The van der Waals surface area contributed by atoms with Gasteiger partial charge in [-0.05, 0) is 35.6 Å². The molecule has 3 heteroatoms. The highest BCUT2D eigenvalue weighted by Crippen LogP contribution is 2.27. The molecule has 0 N–H and O–H groups in total. The van der Waals surface area contributed by atoms with E-state index in [1.165, 1.54) is 0 Å². The molecule has 0 aromatic carbocycles. The third-order valence-corrected chi connectivity index (χ3v) is 3.45. The Morgan fingerprint density at radius 3 is 2.50 bits per heavy atom. The Balaban J connectivity index is 2.91. The Labute approximate surface area is 103 Å². The molecule has 0 aliphatic rings. The fraction of sp³-hybridized carbons (Fsp3) is 0.615. The number of rotatable bonds is 3. The van der Waals surface area contributed by atoms with Gasteiger partial charge in [-0.3, -0.25) is 4.79 Å². The highest BCUT2D eigenvalue weighted by Gasteiger charge is 2.23. The van der Waals surface area contributed by atoms with Crippen LogP contribution in [0.2, 0.25) is 0 Å². The molecule has 1 aromatic rings. The molecule has 1 atom stereocenters. The Bertz CT molecular complexity index is 403. The standard InChI is InChI=1S/C13H21NOS/c1-10-5-6-14(12(15)7-10)8-11(9-16)13(2,3)4/h5-7,11,16H,8-9H2,1-4H3. The van der Waals surface area contributed by atoms with Gasteiger partial charge in [-0.1, -0.05) is 20.8 Å². The van der Waals surface area contributed by atoms with E-state index in [-0.39, 0.29) is 11.0 Å². The lowest BCUT2D eigenvalue weighted by Crippen LogP contribution is -2.31. The number of hydrogen-bond donors (Lipinski definition) is 1. The van der Waals surface area contributed by atoms with Gasteiger partial charge in [-0.15, -0.1) is 0 Å². The van der Waals surface area contributed by atoms with Gasteiger partial charge in [0.15, 0.2) is 0 Å². The van der Waals surface area contributed by atoms with Gasteiger partial charge in [0.2, 0.25) is 0 Å². The second-order valence-electron chi connectivity index (χ2n) is 5.44. The summed E-state index contributed by atoms with van der Waals surface area (Å²) >= 11 is 4.38. The maximum Gasteiger partial charge on any atom is 0.250 e. The van der Waals surface area contributed by atoms with Crippen molar-refractivity contribution in [3.8, 4) is 0 Å². The maximum absolute atomic E-state index is 11.8. The maximum atomic E-state index is 11.8. The van der Waals surface area contributed by atoms with Gasteiger partial charge in [0.25, 0.3) is 5.56 Å². The van der Waals surface area contributed by atoms with E-state index in [0.717, 1.165) is 17.9 Å². The number of aryl methyl sites for hydroxylation is 1. The van der Waals surface area contributed by atoms with Crippen LogP contribution in [0.1, 0.15) is 26.3 Å². The lowest BCUT2D eigenvalue weighted by atomic mass is 9.82. The van der Waals surface area contributed by atoms with Crippen molar-refractivity contribution in [2.24, 2.45) is 11.3 Å². The summed E-state index contributed by atoms with van der Waals surface area (Å²) in [7, 11) is 0. The van der Waals surface area contributed by atoms with Crippen molar-refractivity contribution in [1.82, 2.24) is 4.57 Å². The van der Waals surface area contributed by atoms with E-state index in [2.05, 4.69) is 33.4 Å². The molecule has 0 saturated heterocycles. The molecule has 16 heavy (non-hydrogen) atoms. The van der Waals surface area contributed by atoms with Gasteiger partial charge in [0, 0.05) is 18.8 Å². The summed E-state index contributed by atoms with van der Waals surface area (Å²) in [6, 6.07) is 3.65. The Hall–Kier alpha value is -0.700. The van der Waals surface area contributed by atoms with Crippen molar-refractivity contribution in [3.05, 3.63) is 34.2 Å². The largest absolute Gasteiger partial charge is 0.315 e. The van der Waals surface area contributed by atoms with Crippen molar-refractivity contribution < 1.29 is 0 Å². The highest BCUT2D eigenvalue weighted by molar-refractivity contribution is 7.80. The summed E-state index contributed by atoms with van der Waals surface area (Å²) in [4.78, 5) is 11.8. The highest BCUT2D eigenvalue weighted by atomic mass is 32.1. The first-order chi connectivity index (χ1) is 7.34. The molecule has 2 nitrogen and oxygen atoms in total. The van der Waals surface area contributed by atoms with Gasteiger partial charge in [-0.2, -0.15) is 12.6 Å². The average molecular weight is 239 g/mol. The Morgan fingerprint density at radius 2 is 2.06 bits per heavy atom. The van der Waals surface area contributed by atoms with E-state index in [1.807, 2.05) is 19.2 Å². The van der Waals surface area contributed by atoms with E-state index in [9.17, 15) is 4.79 Å². The van der Waals surface area contributed by atoms with Gasteiger partial charge in [-0.25, -0.2) is 0 Å². The number of thiol groups is 1. The lowest BCUT2D eigenvalue weighted by Gasteiger charge is -2.29. The minimum atomic E-state index is 0.0797. The molecule has 90 valence electrons. The molecule has 0 aliphatic carbocycles. The predicted octanol–water partition coefficient (Wildman–Crippen LogP) is 2.75. The molecule has 0 aliphatic heterocycles. The number of hydrogen-bond acceptors (Lipinski definition) is 2. The quantitative estimate of drug-likeness (QED) is 0.805. The SMILES string of the molecule is Cc1ccn(CC(CS)C(C)(C)C)c(=O)c1. The first-order valence-corrected chi connectivity index (χ1v) is 6.26.